The maximum atomic E-state index is 15.4. The highest BCUT2D eigenvalue weighted by Crippen LogP contribution is 2.38. The standard InChI is InChI=1S/C28H32F2N6O5/c1-14-15(29)9-8-10-17(14)33-21-19-18(11-12-31-23(19)37)34-22(21)20-16(30)13-32-24(35-20)36(25(38)40-27(2,3)4)26(39)41-28(5,6)7/h8-10,13,33-34H,11-12H2,1-7H3,(H,31,37). The molecule has 0 spiro atoms. The maximum absolute atomic E-state index is 15.4. The molecule has 3 heterocycles. The topological polar surface area (TPSA) is 139 Å². The van der Waals surface area contributed by atoms with Gasteiger partial charge in [-0.25, -0.2) is 28.3 Å². The van der Waals surface area contributed by atoms with Crippen LogP contribution in [-0.2, 0) is 15.9 Å². The van der Waals surface area contributed by atoms with E-state index >= 15 is 4.39 Å². The number of carbonyl (C=O) groups is 3. The lowest BCUT2D eigenvalue weighted by atomic mass is 10.1. The van der Waals surface area contributed by atoms with Crippen molar-refractivity contribution in [1.82, 2.24) is 20.3 Å². The van der Waals surface area contributed by atoms with Gasteiger partial charge in [0.2, 0.25) is 5.95 Å². The Labute approximate surface area is 235 Å². The minimum atomic E-state index is -1.14. The molecule has 11 nitrogen and oxygen atoms in total. The Morgan fingerprint density at radius 2 is 1.66 bits per heavy atom. The first-order valence-electron chi connectivity index (χ1n) is 12.9. The van der Waals surface area contributed by atoms with Crippen molar-refractivity contribution >= 4 is 35.4 Å². The third-order valence-electron chi connectivity index (χ3n) is 5.81. The third kappa shape index (κ3) is 6.44. The zero-order valence-corrected chi connectivity index (χ0v) is 23.9. The lowest BCUT2D eigenvalue weighted by Crippen LogP contribution is -2.44. The zero-order chi connectivity index (χ0) is 30.3. The van der Waals surface area contributed by atoms with Gasteiger partial charge in [0.15, 0.2) is 5.82 Å². The molecule has 218 valence electrons. The molecule has 4 rings (SSSR count). The summed E-state index contributed by atoms with van der Waals surface area (Å²) in [4.78, 5) is 50.7. The predicted molar refractivity (Wildman–Crippen MR) is 147 cm³/mol. The van der Waals surface area contributed by atoms with Gasteiger partial charge >= 0.3 is 12.2 Å². The molecule has 3 N–H and O–H groups in total. The van der Waals surface area contributed by atoms with Crippen LogP contribution in [0.3, 0.4) is 0 Å². The Bertz CT molecular complexity index is 1500. The summed E-state index contributed by atoms with van der Waals surface area (Å²) in [5.74, 6) is -2.34. The van der Waals surface area contributed by atoms with Crippen LogP contribution in [0.4, 0.5) is 35.7 Å². The van der Waals surface area contributed by atoms with Gasteiger partial charge in [-0.15, -0.1) is 4.90 Å². The lowest BCUT2D eigenvalue weighted by Gasteiger charge is -2.27. The van der Waals surface area contributed by atoms with Gasteiger partial charge in [0.05, 0.1) is 23.1 Å². The zero-order valence-electron chi connectivity index (χ0n) is 23.9. The van der Waals surface area contributed by atoms with E-state index in [1.54, 1.807) is 54.5 Å². The van der Waals surface area contributed by atoms with Gasteiger partial charge in [-0.2, -0.15) is 0 Å². The van der Waals surface area contributed by atoms with Crippen LogP contribution in [-0.4, -0.2) is 50.8 Å². The molecule has 1 aliphatic rings. The van der Waals surface area contributed by atoms with Gasteiger partial charge in [-0.3, -0.25) is 4.79 Å². The van der Waals surface area contributed by atoms with E-state index in [2.05, 4.69) is 25.6 Å². The van der Waals surface area contributed by atoms with E-state index in [1.807, 2.05) is 0 Å². The average Bonchev–Trinajstić information content (AvgIpc) is 3.20. The second-order valence-corrected chi connectivity index (χ2v) is 11.4. The summed E-state index contributed by atoms with van der Waals surface area (Å²) in [5.41, 5.74) is -0.870. The fourth-order valence-electron chi connectivity index (χ4n) is 4.05. The van der Waals surface area contributed by atoms with Crippen LogP contribution in [0.1, 0.15) is 63.2 Å². The number of nitrogens with zero attached hydrogens (tertiary/aromatic N) is 3. The van der Waals surface area contributed by atoms with Crippen LogP contribution in [0.5, 0.6) is 0 Å². The molecule has 0 radical (unpaired) electrons. The predicted octanol–water partition coefficient (Wildman–Crippen LogP) is 5.76. The first kappa shape index (κ1) is 29.4. The number of nitrogens with one attached hydrogen (secondary N) is 3. The van der Waals surface area contributed by atoms with E-state index in [9.17, 15) is 18.8 Å². The van der Waals surface area contributed by atoms with Crippen molar-refractivity contribution in [3.05, 3.63) is 52.9 Å². The number of H-pyrrole nitrogens is 1. The first-order valence-corrected chi connectivity index (χ1v) is 12.9. The number of amides is 3. The SMILES string of the molecule is Cc1c(F)cccc1Nc1c(-c2nc(N(C(=O)OC(C)(C)C)C(=O)OC(C)(C)C)ncc2F)[nH]c2c1C(=O)NCC2. The van der Waals surface area contributed by atoms with E-state index in [0.29, 0.717) is 29.2 Å². The van der Waals surface area contributed by atoms with Crippen molar-refractivity contribution in [2.75, 3.05) is 16.8 Å². The third-order valence-corrected chi connectivity index (χ3v) is 5.81. The summed E-state index contributed by atoms with van der Waals surface area (Å²) in [5, 5.41) is 5.79. The molecule has 0 fully saturated rings. The van der Waals surface area contributed by atoms with Crippen LogP contribution in [0, 0.1) is 18.6 Å². The number of aromatic amines is 1. The summed E-state index contributed by atoms with van der Waals surface area (Å²) in [6, 6.07) is 4.39. The number of carbonyl (C=O) groups excluding carboxylic acids is 3. The highest BCUT2D eigenvalue weighted by Gasteiger charge is 2.36. The van der Waals surface area contributed by atoms with Crippen molar-refractivity contribution in [3.8, 4) is 11.4 Å². The number of benzene rings is 1. The molecule has 2 aromatic heterocycles. The Morgan fingerprint density at radius 1 is 1.02 bits per heavy atom. The molecule has 0 unspecified atom stereocenters. The quantitative estimate of drug-likeness (QED) is 0.360. The van der Waals surface area contributed by atoms with E-state index in [0.717, 1.165) is 6.20 Å². The summed E-state index contributed by atoms with van der Waals surface area (Å²) >= 11 is 0. The minimum absolute atomic E-state index is 0.0326. The van der Waals surface area contributed by atoms with Gasteiger partial charge in [0.25, 0.3) is 5.91 Å². The van der Waals surface area contributed by atoms with Crippen molar-refractivity contribution in [3.63, 3.8) is 0 Å². The number of halogens is 2. The molecule has 3 aromatic rings. The van der Waals surface area contributed by atoms with Gasteiger partial charge in [-0.05, 0) is 60.6 Å². The number of fused-ring (bicyclic) bond motifs is 1. The van der Waals surface area contributed by atoms with Crippen LogP contribution < -0.4 is 15.5 Å². The molecular formula is C28H32F2N6O5. The van der Waals surface area contributed by atoms with Gasteiger partial charge in [0.1, 0.15) is 22.7 Å². The highest BCUT2D eigenvalue weighted by molar-refractivity contribution is 6.09. The number of ether oxygens (including phenoxy) is 2. The number of anilines is 3. The lowest BCUT2D eigenvalue weighted by molar-refractivity contribution is 0.0426. The molecule has 0 bridgehead atoms. The van der Waals surface area contributed by atoms with Crippen molar-refractivity contribution < 1.29 is 32.6 Å². The van der Waals surface area contributed by atoms with E-state index < -0.39 is 46.9 Å². The van der Waals surface area contributed by atoms with Crippen LogP contribution >= 0.6 is 0 Å². The van der Waals surface area contributed by atoms with Crippen LogP contribution in [0.2, 0.25) is 0 Å². The molecule has 0 atom stereocenters. The van der Waals surface area contributed by atoms with Gasteiger partial charge in [-0.1, -0.05) is 6.07 Å². The summed E-state index contributed by atoms with van der Waals surface area (Å²) in [6.45, 7) is 11.5. The molecule has 0 saturated heterocycles. The Hall–Kier alpha value is -4.55. The number of hydrogen-bond donors (Lipinski definition) is 3. The molecule has 13 heteroatoms. The average molecular weight is 571 g/mol. The number of hydrogen-bond acceptors (Lipinski definition) is 8. The highest BCUT2D eigenvalue weighted by atomic mass is 19.1. The van der Waals surface area contributed by atoms with Gasteiger partial charge in [0, 0.05) is 29.9 Å². The second-order valence-electron chi connectivity index (χ2n) is 11.4. The molecule has 1 aliphatic heterocycles. The molecular weight excluding hydrogens is 538 g/mol. The number of aromatic nitrogens is 3. The molecule has 0 aliphatic carbocycles. The monoisotopic (exact) mass is 570 g/mol. The molecule has 41 heavy (non-hydrogen) atoms. The van der Waals surface area contributed by atoms with Crippen LogP contribution in [0.15, 0.2) is 24.4 Å². The normalized spacial score (nSPS) is 13.2. The number of rotatable bonds is 4. The Kier molecular flexibility index (Phi) is 7.74. The van der Waals surface area contributed by atoms with Crippen molar-refractivity contribution in [2.24, 2.45) is 0 Å². The van der Waals surface area contributed by atoms with E-state index in [-0.39, 0.29) is 28.2 Å². The fourth-order valence-corrected chi connectivity index (χ4v) is 4.05. The first-order chi connectivity index (χ1) is 19.1. The second kappa shape index (κ2) is 10.8. The van der Waals surface area contributed by atoms with Gasteiger partial charge < -0.3 is 25.1 Å². The molecule has 0 saturated carbocycles. The minimum Gasteiger partial charge on any atom is -0.443 e. The largest absolute Gasteiger partial charge is 0.443 e. The fraction of sp³-hybridized carbons (Fsp3) is 0.393. The van der Waals surface area contributed by atoms with Crippen LogP contribution in [0.25, 0.3) is 11.4 Å². The summed E-state index contributed by atoms with van der Waals surface area (Å²) in [6.07, 6.45) is -1.08. The van der Waals surface area contributed by atoms with Crippen molar-refractivity contribution in [1.29, 1.82) is 0 Å². The Balaban J connectivity index is 1.88. The molecule has 3 amide bonds. The van der Waals surface area contributed by atoms with Crippen molar-refractivity contribution in [2.45, 2.75) is 66.1 Å². The Morgan fingerprint density at radius 3 is 2.27 bits per heavy atom. The smallest absolute Gasteiger partial charge is 0.427 e. The summed E-state index contributed by atoms with van der Waals surface area (Å²) in [7, 11) is 0. The molecule has 1 aromatic carbocycles. The summed E-state index contributed by atoms with van der Waals surface area (Å²) < 4.78 is 40.5. The van der Waals surface area contributed by atoms with E-state index in [4.69, 9.17) is 9.47 Å². The van der Waals surface area contributed by atoms with E-state index in [1.165, 1.54) is 12.1 Å². The number of imide groups is 1. The maximum Gasteiger partial charge on any atom is 0.427 e.